The van der Waals surface area contributed by atoms with Gasteiger partial charge in [-0.25, -0.2) is 8.42 Å². The Kier molecular flexibility index (Phi) is 5.10. The van der Waals surface area contributed by atoms with E-state index in [4.69, 9.17) is 14.2 Å². The fourth-order valence-corrected chi connectivity index (χ4v) is 4.52. The Bertz CT molecular complexity index is 1100. The number of hydrogen-bond acceptors (Lipinski definition) is 7. The van der Waals surface area contributed by atoms with Crippen molar-refractivity contribution in [3.63, 3.8) is 0 Å². The standard InChI is InChI=1S/C19H17N3O6S/c20-11-14-9-17-18(28-12-27-17)10-16(14)21-19(23)13-2-1-3-15(8-13)29(24,25)22-4-6-26-7-5-22/h1-3,8-10H,4-7,12H2,(H,21,23). The van der Waals surface area contributed by atoms with Crippen molar-refractivity contribution in [2.45, 2.75) is 4.90 Å². The van der Waals surface area contributed by atoms with Gasteiger partial charge in [-0.05, 0) is 18.2 Å². The number of carbonyl (C=O) groups excluding carboxylic acids is 1. The molecule has 0 unspecified atom stereocenters. The molecule has 0 bridgehead atoms. The first kappa shape index (κ1) is 19.2. The molecule has 2 aromatic rings. The molecule has 4 rings (SSSR count). The van der Waals surface area contributed by atoms with Crippen molar-refractivity contribution < 1.29 is 27.4 Å². The Morgan fingerprint density at radius 2 is 1.83 bits per heavy atom. The molecule has 0 atom stereocenters. The van der Waals surface area contributed by atoms with Crippen LogP contribution in [0.2, 0.25) is 0 Å². The number of amides is 1. The number of nitriles is 1. The van der Waals surface area contributed by atoms with Gasteiger partial charge in [0.05, 0.1) is 29.4 Å². The lowest BCUT2D eigenvalue weighted by molar-refractivity contribution is 0.0730. The van der Waals surface area contributed by atoms with E-state index >= 15 is 0 Å². The third kappa shape index (κ3) is 3.75. The largest absolute Gasteiger partial charge is 0.454 e. The van der Waals surface area contributed by atoms with E-state index in [1.54, 1.807) is 0 Å². The lowest BCUT2D eigenvalue weighted by atomic mass is 10.1. The smallest absolute Gasteiger partial charge is 0.255 e. The maximum atomic E-state index is 12.8. The zero-order valence-electron chi connectivity index (χ0n) is 15.3. The van der Waals surface area contributed by atoms with Crippen molar-refractivity contribution in [2.24, 2.45) is 0 Å². The fourth-order valence-electron chi connectivity index (χ4n) is 3.07. The maximum Gasteiger partial charge on any atom is 0.255 e. The summed E-state index contributed by atoms with van der Waals surface area (Å²) < 4.78 is 42.7. The summed E-state index contributed by atoms with van der Waals surface area (Å²) in [5.41, 5.74) is 0.615. The predicted octanol–water partition coefficient (Wildman–Crippen LogP) is 1.56. The topological polar surface area (TPSA) is 118 Å². The van der Waals surface area contributed by atoms with Gasteiger partial charge in [0.15, 0.2) is 11.5 Å². The van der Waals surface area contributed by atoms with Crippen molar-refractivity contribution in [3.8, 4) is 17.6 Å². The Morgan fingerprint density at radius 1 is 1.10 bits per heavy atom. The molecule has 0 aliphatic carbocycles. The number of rotatable bonds is 4. The number of ether oxygens (including phenoxy) is 3. The molecule has 9 nitrogen and oxygen atoms in total. The van der Waals surface area contributed by atoms with Crippen LogP contribution in [0.4, 0.5) is 5.69 Å². The first-order chi connectivity index (χ1) is 14.0. The Morgan fingerprint density at radius 3 is 2.55 bits per heavy atom. The third-order valence-corrected chi connectivity index (χ3v) is 6.48. The first-order valence-electron chi connectivity index (χ1n) is 8.82. The quantitative estimate of drug-likeness (QED) is 0.805. The minimum Gasteiger partial charge on any atom is -0.454 e. The van der Waals surface area contributed by atoms with E-state index in [0.717, 1.165) is 0 Å². The summed E-state index contributed by atoms with van der Waals surface area (Å²) in [6.07, 6.45) is 0. The predicted molar refractivity (Wildman–Crippen MR) is 101 cm³/mol. The van der Waals surface area contributed by atoms with Crippen LogP contribution in [0.1, 0.15) is 15.9 Å². The van der Waals surface area contributed by atoms with Gasteiger partial charge in [-0.15, -0.1) is 0 Å². The lowest BCUT2D eigenvalue weighted by Crippen LogP contribution is -2.40. The van der Waals surface area contributed by atoms with Gasteiger partial charge >= 0.3 is 0 Å². The van der Waals surface area contributed by atoms with Gasteiger partial charge in [0.1, 0.15) is 6.07 Å². The van der Waals surface area contributed by atoms with Crippen LogP contribution >= 0.6 is 0 Å². The van der Waals surface area contributed by atoms with Crippen molar-refractivity contribution in [1.29, 1.82) is 5.26 Å². The number of benzene rings is 2. The summed E-state index contributed by atoms with van der Waals surface area (Å²) in [5.74, 6) is 0.306. The van der Waals surface area contributed by atoms with E-state index in [2.05, 4.69) is 5.32 Å². The molecule has 0 radical (unpaired) electrons. The zero-order chi connectivity index (χ0) is 20.4. The van der Waals surface area contributed by atoms with Crippen LogP contribution in [-0.4, -0.2) is 51.7 Å². The molecular weight excluding hydrogens is 398 g/mol. The van der Waals surface area contributed by atoms with Crippen molar-refractivity contribution in [3.05, 3.63) is 47.5 Å². The zero-order valence-corrected chi connectivity index (χ0v) is 16.1. The Balaban J connectivity index is 1.59. The second-order valence-corrected chi connectivity index (χ2v) is 8.30. The number of sulfonamides is 1. The average Bonchev–Trinajstić information content (AvgIpc) is 3.21. The van der Waals surface area contributed by atoms with Crippen LogP contribution in [-0.2, 0) is 14.8 Å². The summed E-state index contributed by atoms with van der Waals surface area (Å²) in [5, 5.41) is 12.0. The molecule has 0 spiro atoms. The Labute approximate surface area is 167 Å². The normalized spacial score (nSPS) is 16.2. The van der Waals surface area contributed by atoms with Crippen molar-refractivity contribution >= 4 is 21.6 Å². The highest BCUT2D eigenvalue weighted by Crippen LogP contribution is 2.37. The van der Waals surface area contributed by atoms with Crippen LogP contribution in [0.3, 0.4) is 0 Å². The number of fused-ring (bicyclic) bond motifs is 1. The van der Waals surface area contributed by atoms with E-state index in [0.29, 0.717) is 24.7 Å². The Hall–Kier alpha value is -3.13. The van der Waals surface area contributed by atoms with Crippen LogP contribution in [0, 0.1) is 11.3 Å². The number of anilines is 1. The molecule has 2 aromatic carbocycles. The second-order valence-electron chi connectivity index (χ2n) is 6.36. The van der Waals surface area contributed by atoms with E-state index < -0.39 is 15.9 Å². The van der Waals surface area contributed by atoms with Gasteiger partial charge in [-0.3, -0.25) is 4.79 Å². The summed E-state index contributed by atoms with van der Waals surface area (Å²) in [4.78, 5) is 12.7. The molecule has 0 saturated carbocycles. The molecule has 2 aliphatic heterocycles. The summed E-state index contributed by atoms with van der Waals surface area (Å²) in [6, 6.07) is 10.8. The molecule has 1 fully saturated rings. The number of nitrogens with zero attached hydrogens (tertiary/aromatic N) is 2. The number of carbonyl (C=O) groups is 1. The highest BCUT2D eigenvalue weighted by molar-refractivity contribution is 7.89. The van der Waals surface area contributed by atoms with Gasteiger partial charge in [-0.2, -0.15) is 9.57 Å². The van der Waals surface area contributed by atoms with Crippen molar-refractivity contribution in [1.82, 2.24) is 4.31 Å². The summed E-state index contributed by atoms with van der Waals surface area (Å²) >= 11 is 0. The van der Waals surface area contributed by atoms with Crippen LogP contribution in [0.5, 0.6) is 11.5 Å². The fraction of sp³-hybridized carbons (Fsp3) is 0.263. The second kappa shape index (κ2) is 7.71. The van der Waals surface area contributed by atoms with Crippen LogP contribution in [0.25, 0.3) is 0 Å². The first-order valence-corrected chi connectivity index (χ1v) is 10.3. The van der Waals surface area contributed by atoms with E-state index in [1.165, 1.54) is 40.7 Å². The van der Waals surface area contributed by atoms with E-state index in [-0.39, 0.29) is 41.6 Å². The van der Waals surface area contributed by atoms with E-state index in [1.807, 2.05) is 6.07 Å². The molecule has 29 heavy (non-hydrogen) atoms. The summed E-state index contributed by atoms with van der Waals surface area (Å²) in [6.45, 7) is 1.24. The van der Waals surface area contributed by atoms with Gasteiger partial charge < -0.3 is 19.5 Å². The lowest BCUT2D eigenvalue weighted by Gasteiger charge is -2.26. The SMILES string of the molecule is N#Cc1cc2c(cc1NC(=O)c1cccc(S(=O)(=O)N3CCOCC3)c1)OCO2. The molecular formula is C19H17N3O6S. The van der Waals surface area contributed by atoms with Gasteiger partial charge in [0.25, 0.3) is 5.91 Å². The molecule has 2 heterocycles. The van der Waals surface area contributed by atoms with Gasteiger partial charge in [-0.1, -0.05) is 6.07 Å². The average molecular weight is 415 g/mol. The molecule has 10 heteroatoms. The molecule has 0 aromatic heterocycles. The number of morpholine rings is 1. The number of nitrogens with one attached hydrogen (secondary N) is 1. The number of hydrogen-bond donors (Lipinski definition) is 1. The van der Waals surface area contributed by atoms with Gasteiger partial charge in [0.2, 0.25) is 16.8 Å². The molecule has 150 valence electrons. The highest BCUT2D eigenvalue weighted by Gasteiger charge is 2.27. The minimum atomic E-state index is -3.73. The van der Waals surface area contributed by atoms with Crippen molar-refractivity contribution in [2.75, 3.05) is 38.4 Å². The molecule has 2 aliphatic rings. The van der Waals surface area contributed by atoms with Crippen LogP contribution < -0.4 is 14.8 Å². The monoisotopic (exact) mass is 415 g/mol. The van der Waals surface area contributed by atoms with Gasteiger partial charge in [0, 0.05) is 30.8 Å². The maximum absolute atomic E-state index is 12.8. The molecule has 1 saturated heterocycles. The third-order valence-electron chi connectivity index (χ3n) is 4.59. The molecule has 1 N–H and O–H groups in total. The molecule has 1 amide bonds. The van der Waals surface area contributed by atoms with E-state index in [9.17, 15) is 18.5 Å². The summed E-state index contributed by atoms with van der Waals surface area (Å²) in [7, 11) is -3.73. The van der Waals surface area contributed by atoms with Crippen LogP contribution in [0.15, 0.2) is 41.3 Å². The minimum absolute atomic E-state index is 0.0262. The highest BCUT2D eigenvalue weighted by atomic mass is 32.2.